The molecule has 1 aromatic carbocycles. The number of nitrogens with zero attached hydrogens (tertiary/aromatic N) is 5. The van der Waals surface area contributed by atoms with E-state index in [-0.39, 0.29) is 19.8 Å². The Hall–Kier alpha value is -2.49. The summed E-state index contributed by atoms with van der Waals surface area (Å²) in [5, 5.41) is 13.4. The predicted molar refractivity (Wildman–Crippen MR) is 108 cm³/mol. The topological polar surface area (TPSA) is 95.4 Å². The minimum Gasteiger partial charge on any atom is -0.394 e. The molecule has 3 aliphatic rings. The SMILES string of the molecule is Cc1ccc(C2OCC(CO)(Nc3nc(N4CC4)nc(N4CC4)n3)CO2)cc1C. The van der Waals surface area contributed by atoms with Crippen LogP contribution < -0.4 is 15.1 Å². The van der Waals surface area contributed by atoms with Crippen LogP contribution in [0.4, 0.5) is 17.8 Å². The van der Waals surface area contributed by atoms with Crippen molar-refractivity contribution in [2.75, 3.05) is 61.1 Å². The first-order valence-electron chi connectivity index (χ1n) is 10.0. The first-order valence-corrected chi connectivity index (χ1v) is 10.0. The summed E-state index contributed by atoms with van der Waals surface area (Å²) < 4.78 is 12.0. The van der Waals surface area contributed by atoms with Gasteiger partial charge in [0, 0.05) is 31.7 Å². The Kier molecular flexibility index (Phi) is 4.53. The molecule has 0 radical (unpaired) electrons. The van der Waals surface area contributed by atoms with E-state index in [1.54, 1.807) is 0 Å². The Labute approximate surface area is 169 Å². The van der Waals surface area contributed by atoms with Gasteiger partial charge in [-0.1, -0.05) is 18.2 Å². The molecule has 29 heavy (non-hydrogen) atoms. The number of aliphatic hydroxyl groups excluding tert-OH is 1. The fourth-order valence-corrected chi connectivity index (χ4v) is 3.30. The lowest BCUT2D eigenvalue weighted by atomic mass is 10.0. The van der Waals surface area contributed by atoms with Gasteiger partial charge >= 0.3 is 0 Å². The summed E-state index contributed by atoms with van der Waals surface area (Å²) >= 11 is 0. The summed E-state index contributed by atoms with van der Waals surface area (Å²) in [4.78, 5) is 17.8. The van der Waals surface area contributed by atoms with Crippen LogP contribution in [0, 0.1) is 13.8 Å². The van der Waals surface area contributed by atoms with E-state index in [0.717, 1.165) is 31.7 Å². The summed E-state index contributed by atoms with van der Waals surface area (Å²) in [6.07, 6.45) is -0.449. The number of hydrogen-bond donors (Lipinski definition) is 2. The van der Waals surface area contributed by atoms with E-state index in [0.29, 0.717) is 17.8 Å². The number of aryl methyl sites for hydroxylation is 2. The van der Waals surface area contributed by atoms with Crippen LogP contribution in [-0.4, -0.2) is 71.6 Å². The van der Waals surface area contributed by atoms with Crippen molar-refractivity contribution in [3.05, 3.63) is 34.9 Å². The second-order valence-electron chi connectivity index (χ2n) is 8.09. The molecule has 0 aliphatic carbocycles. The number of aromatic nitrogens is 3. The zero-order valence-electron chi connectivity index (χ0n) is 16.8. The Morgan fingerprint density at radius 2 is 1.62 bits per heavy atom. The third-order valence-corrected chi connectivity index (χ3v) is 5.58. The summed E-state index contributed by atoms with van der Waals surface area (Å²) in [5.74, 6) is 1.78. The van der Waals surface area contributed by atoms with Gasteiger partial charge in [-0.3, -0.25) is 0 Å². The van der Waals surface area contributed by atoms with Crippen LogP contribution in [0.1, 0.15) is 23.0 Å². The summed E-state index contributed by atoms with van der Waals surface area (Å²) in [7, 11) is 0. The molecule has 4 heterocycles. The van der Waals surface area contributed by atoms with Gasteiger partial charge in [0.25, 0.3) is 0 Å². The van der Waals surface area contributed by atoms with Gasteiger partial charge in [0.05, 0.1) is 19.8 Å². The van der Waals surface area contributed by atoms with Gasteiger partial charge in [0.15, 0.2) is 6.29 Å². The third-order valence-electron chi connectivity index (χ3n) is 5.58. The quantitative estimate of drug-likeness (QED) is 0.691. The molecule has 2 aromatic rings. The maximum Gasteiger partial charge on any atom is 0.232 e. The standard InChI is InChI=1S/C20H26N6O3/c1-13-3-4-15(9-14(13)2)16-28-11-20(10-27,12-29-16)24-17-21-18(25-5-6-25)23-19(22-17)26-7-8-26/h3-4,9,16,27H,5-8,10-12H2,1-2H3,(H,21,22,23,24). The van der Waals surface area contributed by atoms with Gasteiger partial charge in [0.2, 0.25) is 17.8 Å². The monoisotopic (exact) mass is 398 g/mol. The Bertz CT molecular complexity index is 877. The molecule has 9 nitrogen and oxygen atoms in total. The van der Waals surface area contributed by atoms with Crippen LogP contribution in [0.15, 0.2) is 18.2 Å². The van der Waals surface area contributed by atoms with Crippen molar-refractivity contribution in [3.63, 3.8) is 0 Å². The molecule has 3 aliphatic heterocycles. The Balaban J connectivity index is 1.32. The minimum absolute atomic E-state index is 0.156. The maximum atomic E-state index is 10.1. The van der Waals surface area contributed by atoms with Crippen molar-refractivity contribution in [2.24, 2.45) is 0 Å². The Morgan fingerprint density at radius 1 is 1.00 bits per heavy atom. The molecule has 2 N–H and O–H groups in total. The summed E-state index contributed by atoms with van der Waals surface area (Å²) in [6.45, 7) is 8.39. The molecule has 0 amide bonds. The Morgan fingerprint density at radius 3 is 2.14 bits per heavy atom. The van der Waals surface area contributed by atoms with Crippen molar-refractivity contribution in [2.45, 2.75) is 25.7 Å². The zero-order chi connectivity index (χ0) is 20.0. The number of anilines is 3. The number of ether oxygens (including phenoxy) is 2. The van der Waals surface area contributed by atoms with Crippen molar-refractivity contribution < 1.29 is 14.6 Å². The number of nitrogens with one attached hydrogen (secondary N) is 1. The van der Waals surface area contributed by atoms with E-state index in [2.05, 4.69) is 56.0 Å². The molecular weight excluding hydrogens is 372 g/mol. The molecule has 1 aromatic heterocycles. The fourth-order valence-electron chi connectivity index (χ4n) is 3.30. The highest BCUT2D eigenvalue weighted by molar-refractivity contribution is 5.51. The maximum absolute atomic E-state index is 10.1. The van der Waals surface area contributed by atoms with E-state index in [9.17, 15) is 5.11 Å². The van der Waals surface area contributed by atoms with Crippen LogP contribution >= 0.6 is 0 Å². The van der Waals surface area contributed by atoms with Crippen molar-refractivity contribution in [1.82, 2.24) is 15.0 Å². The van der Waals surface area contributed by atoms with Gasteiger partial charge in [-0.25, -0.2) is 0 Å². The number of rotatable bonds is 6. The zero-order valence-corrected chi connectivity index (χ0v) is 16.8. The lowest BCUT2D eigenvalue weighted by molar-refractivity contribution is -0.212. The molecule has 0 atom stereocenters. The molecule has 0 unspecified atom stereocenters. The van der Waals surface area contributed by atoms with E-state index >= 15 is 0 Å². The van der Waals surface area contributed by atoms with Crippen molar-refractivity contribution >= 4 is 17.8 Å². The van der Waals surface area contributed by atoms with E-state index in [1.165, 1.54) is 11.1 Å². The van der Waals surface area contributed by atoms with E-state index in [1.807, 2.05) is 6.07 Å². The molecule has 154 valence electrons. The molecule has 9 heteroatoms. The molecule has 0 bridgehead atoms. The van der Waals surface area contributed by atoms with Crippen LogP contribution in [0.3, 0.4) is 0 Å². The minimum atomic E-state index is -0.802. The number of benzene rings is 1. The average molecular weight is 398 g/mol. The van der Waals surface area contributed by atoms with Gasteiger partial charge in [0.1, 0.15) is 5.54 Å². The number of hydrogen-bond acceptors (Lipinski definition) is 9. The molecular formula is C20H26N6O3. The largest absolute Gasteiger partial charge is 0.394 e. The summed E-state index contributed by atoms with van der Waals surface area (Å²) in [6, 6.07) is 6.17. The first-order chi connectivity index (χ1) is 14.0. The van der Waals surface area contributed by atoms with Crippen LogP contribution in [0.5, 0.6) is 0 Å². The van der Waals surface area contributed by atoms with Crippen LogP contribution in [0.25, 0.3) is 0 Å². The molecule has 5 rings (SSSR count). The normalized spacial score (nSPS) is 25.8. The highest BCUT2D eigenvalue weighted by Crippen LogP contribution is 2.31. The van der Waals surface area contributed by atoms with E-state index < -0.39 is 11.8 Å². The highest BCUT2D eigenvalue weighted by Gasteiger charge is 2.39. The molecule has 3 saturated heterocycles. The summed E-state index contributed by atoms with van der Waals surface area (Å²) in [5.41, 5.74) is 2.61. The van der Waals surface area contributed by atoms with Crippen LogP contribution in [-0.2, 0) is 9.47 Å². The van der Waals surface area contributed by atoms with E-state index in [4.69, 9.17) is 9.47 Å². The fraction of sp³-hybridized carbons (Fsp3) is 0.550. The highest BCUT2D eigenvalue weighted by atomic mass is 16.7. The van der Waals surface area contributed by atoms with Crippen molar-refractivity contribution in [1.29, 1.82) is 0 Å². The second kappa shape index (κ2) is 7.08. The van der Waals surface area contributed by atoms with Gasteiger partial charge in [-0.15, -0.1) is 0 Å². The second-order valence-corrected chi connectivity index (χ2v) is 8.09. The average Bonchev–Trinajstić information content (AvgIpc) is 3.63. The van der Waals surface area contributed by atoms with Crippen molar-refractivity contribution in [3.8, 4) is 0 Å². The molecule has 3 fully saturated rings. The molecule has 0 saturated carbocycles. The molecule has 0 spiro atoms. The lowest BCUT2D eigenvalue weighted by Crippen LogP contribution is -2.54. The van der Waals surface area contributed by atoms with Gasteiger partial charge in [-0.05, 0) is 25.0 Å². The van der Waals surface area contributed by atoms with Gasteiger partial charge < -0.3 is 29.7 Å². The third kappa shape index (κ3) is 3.85. The smallest absolute Gasteiger partial charge is 0.232 e. The lowest BCUT2D eigenvalue weighted by Gasteiger charge is -2.39. The number of aliphatic hydroxyl groups is 1. The first kappa shape index (κ1) is 18.5. The van der Waals surface area contributed by atoms with Gasteiger partial charge in [-0.2, -0.15) is 15.0 Å². The predicted octanol–water partition coefficient (Wildman–Crippen LogP) is 1.02. The van der Waals surface area contributed by atoms with Crippen LogP contribution in [0.2, 0.25) is 0 Å².